The molecule has 94 valence electrons. The highest BCUT2D eigenvalue weighted by molar-refractivity contribution is 7.11. The molecule has 2 heterocycles. The van der Waals surface area contributed by atoms with E-state index in [0.717, 1.165) is 0 Å². The van der Waals surface area contributed by atoms with Crippen molar-refractivity contribution in [1.29, 1.82) is 0 Å². The Bertz CT molecular complexity index is 579. The van der Waals surface area contributed by atoms with Gasteiger partial charge in [-0.25, -0.2) is 4.98 Å². The summed E-state index contributed by atoms with van der Waals surface area (Å²) >= 11 is 1.69. The second kappa shape index (κ2) is 5.05. The summed E-state index contributed by atoms with van der Waals surface area (Å²) in [7, 11) is 0. The molecule has 0 bridgehead atoms. The van der Waals surface area contributed by atoms with Crippen LogP contribution >= 0.6 is 11.3 Å². The standard InChI is InChI=1S/C12H14N4OS/c1-7-2-3-9(18-7)6-16-12-10(11(14)17)4-8(13)5-15-12/h2-5H,6,13H2,1H3,(H2,14,17)(H,15,16). The van der Waals surface area contributed by atoms with Gasteiger partial charge in [0.2, 0.25) is 0 Å². The minimum absolute atomic E-state index is 0.309. The molecule has 2 aromatic heterocycles. The smallest absolute Gasteiger partial charge is 0.252 e. The number of aryl methyl sites for hydroxylation is 1. The van der Waals surface area contributed by atoms with Crippen LogP contribution in [0.1, 0.15) is 20.1 Å². The Balaban J connectivity index is 2.16. The monoisotopic (exact) mass is 262 g/mol. The normalized spacial score (nSPS) is 10.3. The minimum Gasteiger partial charge on any atom is -0.397 e. The van der Waals surface area contributed by atoms with Crippen LogP contribution in [0.4, 0.5) is 11.5 Å². The van der Waals surface area contributed by atoms with Crippen LogP contribution in [0.5, 0.6) is 0 Å². The Morgan fingerprint density at radius 1 is 1.50 bits per heavy atom. The van der Waals surface area contributed by atoms with Gasteiger partial charge in [-0.1, -0.05) is 0 Å². The van der Waals surface area contributed by atoms with Crippen LogP contribution in [-0.4, -0.2) is 10.9 Å². The number of aromatic nitrogens is 1. The van der Waals surface area contributed by atoms with Gasteiger partial charge in [-0.2, -0.15) is 0 Å². The lowest BCUT2D eigenvalue weighted by Gasteiger charge is -2.08. The average molecular weight is 262 g/mol. The number of nitrogen functional groups attached to an aromatic ring is 1. The summed E-state index contributed by atoms with van der Waals surface area (Å²) in [6, 6.07) is 5.61. The summed E-state index contributed by atoms with van der Waals surface area (Å²) in [6.07, 6.45) is 1.49. The maximum Gasteiger partial charge on any atom is 0.252 e. The largest absolute Gasteiger partial charge is 0.397 e. The summed E-state index contributed by atoms with van der Waals surface area (Å²) in [5.74, 6) is -0.0811. The second-order valence-corrected chi connectivity index (χ2v) is 5.27. The fraction of sp³-hybridized carbons (Fsp3) is 0.167. The van der Waals surface area contributed by atoms with Crippen LogP contribution in [0, 0.1) is 6.92 Å². The highest BCUT2D eigenvalue weighted by Crippen LogP contribution is 2.19. The van der Waals surface area contributed by atoms with E-state index in [0.29, 0.717) is 23.6 Å². The third kappa shape index (κ3) is 2.78. The number of nitrogens with one attached hydrogen (secondary N) is 1. The molecular weight excluding hydrogens is 248 g/mol. The van der Waals surface area contributed by atoms with E-state index in [1.54, 1.807) is 11.3 Å². The summed E-state index contributed by atoms with van der Waals surface area (Å²) in [6.45, 7) is 2.65. The Kier molecular flexibility index (Phi) is 3.47. The molecule has 0 atom stereocenters. The number of pyridine rings is 1. The molecule has 5 N–H and O–H groups in total. The van der Waals surface area contributed by atoms with E-state index in [-0.39, 0.29) is 0 Å². The van der Waals surface area contributed by atoms with Crippen LogP contribution in [0.15, 0.2) is 24.4 Å². The number of primary amides is 1. The van der Waals surface area contributed by atoms with Crippen molar-refractivity contribution in [1.82, 2.24) is 4.98 Å². The molecule has 5 nitrogen and oxygen atoms in total. The molecule has 0 saturated heterocycles. The molecule has 0 aliphatic heterocycles. The molecule has 0 unspecified atom stereocenters. The first-order valence-electron chi connectivity index (χ1n) is 5.41. The summed E-state index contributed by atoms with van der Waals surface area (Å²) in [5, 5.41) is 3.09. The molecule has 6 heteroatoms. The lowest BCUT2D eigenvalue weighted by molar-refractivity contribution is 0.100. The van der Waals surface area contributed by atoms with Crippen molar-refractivity contribution >= 4 is 28.7 Å². The zero-order valence-corrected chi connectivity index (χ0v) is 10.8. The van der Waals surface area contributed by atoms with Crippen molar-refractivity contribution in [2.24, 2.45) is 5.73 Å². The van der Waals surface area contributed by atoms with Gasteiger partial charge >= 0.3 is 0 Å². The van der Waals surface area contributed by atoms with E-state index in [1.807, 2.05) is 19.1 Å². The highest BCUT2D eigenvalue weighted by Gasteiger charge is 2.10. The van der Waals surface area contributed by atoms with Crippen molar-refractivity contribution in [3.63, 3.8) is 0 Å². The average Bonchev–Trinajstić information content (AvgIpc) is 2.73. The summed E-state index contributed by atoms with van der Waals surface area (Å²) in [5.41, 5.74) is 11.6. The van der Waals surface area contributed by atoms with Crippen LogP contribution < -0.4 is 16.8 Å². The van der Waals surface area contributed by atoms with Crippen molar-refractivity contribution in [3.05, 3.63) is 39.7 Å². The number of amides is 1. The van der Waals surface area contributed by atoms with Crippen molar-refractivity contribution in [2.75, 3.05) is 11.1 Å². The SMILES string of the molecule is Cc1ccc(CNc2ncc(N)cc2C(N)=O)s1. The third-order valence-electron chi connectivity index (χ3n) is 2.40. The zero-order chi connectivity index (χ0) is 13.1. The van der Waals surface area contributed by atoms with Crippen LogP contribution in [-0.2, 0) is 6.54 Å². The van der Waals surface area contributed by atoms with Crippen LogP contribution in [0.3, 0.4) is 0 Å². The maximum atomic E-state index is 11.3. The first-order valence-corrected chi connectivity index (χ1v) is 6.22. The number of carbonyl (C=O) groups is 1. The molecule has 18 heavy (non-hydrogen) atoms. The second-order valence-electron chi connectivity index (χ2n) is 3.89. The molecule has 2 rings (SSSR count). The van der Waals surface area contributed by atoms with E-state index in [2.05, 4.69) is 10.3 Å². The molecule has 0 fully saturated rings. The number of hydrogen-bond donors (Lipinski definition) is 3. The van der Waals surface area contributed by atoms with E-state index >= 15 is 0 Å². The summed E-state index contributed by atoms with van der Waals surface area (Å²) in [4.78, 5) is 17.8. The lowest BCUT2D eigenvalue weighted by atomic mass is 10.2. The first-order chi connectivity index (χ1) is 8.56. The summed E-state index contributed by atoms with van der Waals surface area (Å²) < 4.78 is 0. The molecule has 0 aliphatic carbocycles. The van der Waals surface area contributed by atoms with Gasteiger partial charge in [0.1, 0.15) is 5.82 Å². The number of carbonyl (C=O) groups excluding carboxylic acids is 1. The molecule has 2 aromatic rings. The van der Waals surface area contributed by atoms with E-state index < -0.39 is 5.91 Å². The first kappa shape index (κ1) is 12.4. The van der Waals surface area contributed by atoms with Crippen LogP contribution in [0.2, 0.25) is 0 Å². The number of rotatable bonds is 4. The van der Waals surface area contributed by atoms with Gasteiger partial charge in [0, 0.05) is 9.75 Å². The molecule has 0 aromatic carbocycles. The molecular formula is C12H14N4OS. The highest BCUT2D eigenvalue weighted by atomic mass is 32.1. The van der Waals surface area contributed by atoms with Crippen molar-refractivity contribution in [2.45, 2.75) is 13.5 Å². The number of hydrogen-bond acceptors (Lipinski definition) is 5. The minimum atomic E-state index is -0.542. The number of thiophene rings is 1. The Morgan fingerprint density at radius 2 is 2.28 bits per heavy atom. The van der Waals surface area contributed by atoms with Gasteiger partial charge in [-0.3, -0.25) is 4.79 Å². The van der Waals surface area contributed by atoms with Gasteiger partial charge in [0.25, 0.3) is 5.91 Å². The predicted octanol–water partition coefficient (Wildman–Crippen LogP) is 1.74. The van der Waals surface area contributed by atoms with Gasteiger partial charge in [0.05, 0.1) is 24.0 Å². The Morgan fingerprint density at radius 3 is 2.89 bits per heavy atom. The lowest BCUT2D eigenvalue weighted by Crippen LogP contribution is -2.15. The van der Waals surface area contributed by atoms with E-state index in [4.69, 9.17) is 11.5 Å². The zero-order valence-electron chi connectivity index (χ0n) is 9.93. The quantitative estimate of drug-likeness (QED) is 0.782. The van der Waals surface area contributed by atoms with Crippen molar-refractivity contribution < 1.29 is 4.79 Å². The maximum absolute atomic E-state index is 11.3. The van der Waals surface area contributed by atoms with Gasteiger partial charge in [-0.15, -0.1) is 11.3 Å². The molecule has 0 saturated carbocycles. The number of nitrogens with zero attached hydrogens (tertiary/aromatic N) is 1. The van der Waals surface area contributed by atoms with E-state index in [1.165, 1.54) is 22.0 Å². The Hall–Kier alpha value is -2.08. The van der Waals surface area contributed by atoms with Crippen LogP contribution in [0.25, 0.3) is 0 Å². The van der Waals surface area contributed by atoms with Gasteiger partial charge in [0.15, 0.2) is 0 Å². The molecule has 0 radical (unpaired) electrons. The van der Waals surface area contributed by atoms with Gasteiger partial charge < -0.3 is 16.8 Å². The molecule has 0 spiro atoms. The number of nitrogens with two attached hydrogens (primary N) is 2. The van der Waals surface area contributed by atoms with Crippen molar-refractivity contribution in [3.8, 4) is 0 Å². The predicted molar refractivity (Wildman–Crippen MR) is 73.6 cm³/mol. The third-order valence-corrected chi connectivity index (χ3v) is 3.40. The fourth-order valence-electron chi connectivity index (χ4n) is 1.56. The topological polar surface area (TPSA) is 94.0 Å². The molecule has 1 amide bonds. The van der Waals surface area contributed by atoms with Gasteiger partial charge in [-0.05, 0) is 25.1 Å². The fourth-order valence-corrected chi connectivity index (χ4v) is 2.39. The number of anilines is 2. The molecule has 0 aliphatic rings. The Labute approximate surface area is 109 Å². The van der Waals surface area contributed by atoms with E-state index in [9.17, 15) is 4.79 Å².